The first kappa shape index (κ1) is 17.3. The van der Waals surface area contributed by atoms with Crippen LogP contribution in [0.25, 0.3) is 55.2 Å². The molecule has 0 atom stereocenters. The van der Waals surface area contributed by atoms with Crippen LogP contribution in [0, 0.1) is 0 Å². The molecule has 8 nitrogen and oxygen atoms in total. The second-order valence-corrected chi connectivity index (χ2v) is 7.21. The second-order valence-electron chi connectivity index (χ2n) is 7.21. The van der Waals surface area contributed by atoms with Gasteiger partial charge in [-0.25, -0.2) is 10.1 Å². The van der Waals surface area contributed by atoms with Gasteiger partial charge < -0.3 is 9.97 Å². The van der Waals surface area contributed by atoms with E-state index in [4.69, 9.17) is 4.98 Å². The molecule has 31 heavy (non-hydrogen) atoms. The van der Waals surface area contributed by atoms with Crippen molar-refractivity contribution in [1.29, 1.82) is 0 Å². The quantitative estimate of drug-likeness (QED) is 0.407. The zero-order valence-corrected chi connectivity index (χ0v) is 16.0. The van der Waals surface area contributed by atoms with E-state index in [1.165, 1.54) is 6.20 Å². The number of aromatic nitrogens is 6. The molecule has 0 aliphatic rings. The minimum absolute atomic E-state index is 0.274. The summed E-state index contributed by atoms with van der Waals surface area (Å²) in [5.41, 5.74) is 4.02. The van der Waals surface area contributed by atoms with Gasteiger partial charge in [0.25, 0.3) is 11.1 Å². The van der Waals surface area contributed by atoms with E-state index >= 15 is 0 Å². The highest BCUT2D eigenvalue weighted by Crippen LogP contribution is 2.32. The van der Waals surface area contributed by atoms with Gasteiger partial charge in [0.05, 0.1) is 28.3 Å². The summed E-state index contributed by atoms with van der Waals surface area (Å²) < 4.78 is 0. The number of nitrogens with one attached hydrogen (secondary N) is 3. The van der Waals surface area contributed by atoms with Crippen LogP contribution in [0.1, 0.15) is 0 Å². The van der Waals surface area contributed by atoms with Crippen molar-refractivity contribution in [2.45, 2.75) is 0 Å². The summed E-state index contributed by atoms with van der Waals surface area (Å²) in [7, 11) is 0. The van der Waals surface area contributed by atoms with Gasteiger partial charge in [-0.2, -0.15) is 0 Å². The lowest BCUT2D eigenvalue weighted by Crippen LogP contribution is -2.14. The van der Waals surface area contributed by atoms with E-state index in [0.717, 1.165) is 21.8 Å². The molecule has 6 aromatic rings. The van der Waals surface area contributed by atoms with Crippen molar-refractivity contribution in [2.75, 3.05) is 0 Å². The number of rotatable bonds is 2. The van der Waals surface area contributed by atoms with Gasteiger partial charge in [-0.15, -0.1) is 5.10 Å². The molecular weight excluding hydrogens is 392 g/mol. The molecule has 0 amide bonds. The van der Waals surface area contributed by atoms with Crippen molar-refractivity contribution in [3.05, 3.63) is 87.6 Å². The number of aromatic amines is 3. The van der Waals surface area contributed by atoms with Crippen molar-refractivity contribution in [3.63, 3.8) is 0 Å². The molecule has 0 aliphatic heterocycles. The zero-order valence-electron chi connectivity index (χ0n) is 16.0. The molecule has 8 heteroatoms. The third-order valence-corrected chi connectivity index (χ3v) is 5.45. The van der Waals surface area contributed by atoms with Crippen LogP contribution in [0.15, 0.2) is 76.4 Å². The fourth-order valence-electron chi connectivity index (χ4n) is 4.05. The predicted molar refractivity (Wildman–Crippen MR) is 119 cm³/mol. The van der Waals surface area contributed by atoms with E-state index in [9.17, 15) is 9.59 Å². The van der Waals surface area contributed by atoms with E-state index in [0.29, 0.717) is 27.7 Å². The maximum Gasteiger partial charge on any atom is 0.275 e. The normalized spacial score (nSPS) is 11.5. The van der Waals surface area contributed by atoms with Crippen molar-refractivity contribution in [1.82, 2.24) is 30.4 Å². The molecule has 0 unspecified atom stereocenters. The summed E-state index contributed by atoms with van der Waals surface area (Å²) in [5.74, 6) is 0. The molecule has 3 aromatic carbocycles. The molecule has 3 N–H and O–H groups in total. The van der Waals surface area contributed by atoms with Crippen LogP contribution in [-0.2, 0) is 0 Å². The van der Waals surface area contributed by atoms with Crippen molar-refractivity contribution in [3.8, 4) is 22.4 Å². The number of fused-ring (bicyclic) bond motifs is 4. The Hall–Kier alpha value is -4.59. The van der Waals surface area contributed by atoms with Crippen LogP contribution in [0.3, 0.4) is 0 Å². The molecule has 0 fully saturated rings. The zero-order chi connectivity index (χ0) is 20.9. The van der Waals surface area contributed by atoms with Crippen LogP contribution in [0.5, 0.6) is 0 Å². The summed E-state index contributed by atoms with van der Waals surface area (Å²) in [6.07, 6.45) is 1.39. The highest BCUT2D eigenvalue weighted by Gasteiger charge is 2.16. The summed E-state index contributed by atoms with van der Waals surface area (Å²) >= 11 is 0. The number of hydrogen-bond donors (Lipinski definition) is 3. The second kappa shape index (κ2) is 6.46. The number of H-pyrrole nitrogens is 3. The maximum atomic E-state index is 13.0. The first-order chi connectivity index (χ1) is 15.2. The Morgan fingerprint density at radius 3 is 2.35 bits per heavy atom. The van der Waals surface area contributed by atoms with E-state index in [-0.39, 0.29) is 16.8 Å². The standard InChI is InChI=1S/C23H14N6O2/c30-22-16(11-24-29-28-22)14-7-4-10-18-20(14)27-21(23(31)26-18)15-8-3-6-13-12-5-1-2-9-17(12)25-19(13)15/h1-11,25H,(H,26,31)(H,24,28,30). The number of nitrogens with zero attached hydrogens (tertiary/aromatic N) is 3. The van der Waals surface area contributed by atoms with Crippen molar-refractivity contribution in [2.24, 2.45) is 0 Å². The molecule has 148 valence electrons. The Labute approximate surface area is 173 Å². The average molecular weight is 406 g/mol. The highest BCUT2D eigenvalue weighted by atomic mass is 16.1. The lowest BCUT2D eigenvalue weighted by Gasteiger charge is -2.08. The largest absolute Gasteiger partial charge is 0.354 e. The van der Waals surface area contributed by atoms with Crippen LogP contribution in [0.4, 0.5) is 0 Å². The van der Waals surface area contributed by atoms with E-state index in [2.05, 4.69) is 25.4 Å². The number of para-hydroxylation sites is 3. The third kappa shape index (κ3) is 2.58. The average Bonchev–Trinajstić information content (AvgIpc) is 3.18. The van der Waals surface area contributed by atoms with E-state index in [1.807, 2.05) is 42.5 Å². The summed E-state index contributed by atoms with van der Waals surface area (Å²) in [6.45, 7) is 0. The van der Waals surface area contributed by atoms with Gasteiger partial charge in [-0.1, -0.05) is 53.7 Å². The SMILES string of the molecule is O=c1[nH]nncc1-c1cccc2[nH]c(=O)c(-c3cccc4c3[nH]c3ccccc34)nc12. The first-order valence-electron chi connectivity index (χ1n) is 9.64. The maximum absolute atomic E-state index is 13.0. The topological polar surface area (TPSA) is 120 Å². The Kier molecular flexibility index (Phi) is 3.60. The summed E-state index contributed by atoms with van der Waals surface area (Å²) in [5, 5.41) is 11.7. The lowest BCUT2D eigenvalue weighted by atomic mass is 10.0. The van der Waals surface area contributed by atoms with Crippen LogP contribution < -0.4 is 11.1 Å². The molecule has 3 heterocycles. The Morgan fingerprint density at radius 2 is 1.45 bits per heavy atom. The van der Waals surface area contributed by atoms with Gasteiger partial charge in [0.2, 0.25) is 0 Å². The number of hydrogen-bond acceptors (Lipinski definition) is 5. The Morgan fingerprint density at radius 1 is 0.677 bits per heavy atom. The van der Waals surface area contributed by atoms with E-state index in [1.54, 1.807) is 18.2 Å². The van der Waals surface area contributed by atoms with Gasteiger partial charge in [-0.05, 0) is 12.1 Å². The van der Waals surface area contributed by atoms with Gasteiger partial charge in [0.15, 0.2) is 0 Å². The Bertz CT molecular complexity index is 1750. The Balaban J connectivity index is 1.69. The van der Waals surface area contributed by atoms with Crippen LogP contribution in [-0.4, -0.2) is 30.4 Å². The van der Waals surface area contributed by atoms with Gasteiger partial charge >= 0.3 is 0 Å². The lowest BCUT2D eigenvalue weighted by molar-refractivity contribution is 0.844. The minimum atomic E-state index is -0.380. The fourth-order valence-corrected chi connectivity index (χ4v) is 4.05. The predicted octanol–water partition coefficient (Wildman–Crippen LogP) is 3.37. The molecule has 0 aliphatic carbocycles. The molecule has 0 radical (unpaired) electrons. The van der Waals surface area contributed by atoms with Gasteiger partial charge in [0.1, 0.15) is 5.69 Å². The number of benzene rings is 3. The molecule has 0 bridgehead atoms. The monoisotopic (exact) mass is 406 g/mol. The molecule has 6 rings (SSSR count). The van der Waals surface area contributed by atoms with Gasteiger partial charge in [-0.3, -0.25) is 9.59 Å². The molecular formula is C23H14N6O2. The summed E-state index contributed by atoms with van der Waals surface area (Å²) in [4.78, 5) is 36.3. The molecule has 0 saturated carbocycles. The third-order valence-electron chi connectivity index (χ3n) is 5.45. The minimum Gasteiger partial charge on any atom is -0.354 e. The molecule has 0 spiro atoms. The van der Waals surface area contributed by atoms with Crippen molar-refractivity contribution < 1.29 is 0 Å². The fraction of sp³-hybridized carbons (Fsp3) is 0. The first-order valence-corrected chi connectivity index (χ1v) is 9.64. The molecule has 0 saturated heterocycles. The molecule has 3 aromatic heterocycles. The summed E-state index contributed by atoms with van der Waals surface area (Å²) in [6, 6.07) is 19.1. The smallest absolute Gasteiger partial charge is 0.275 e. The van der Waals surface area contributed by atoms with Crippen LogP contribution in [0.2, 0.25) is 0 Å². The van der Waals surface area contributed by atoms with Gasteiger partial charge in [0, 0.05) is 27.4 Å². The highest BCUT2D eigenvalue weighted by molar-refractivity contribution is 6.11. The van der Waals surface area contributed by atoms with Crippen LogP contribution >= 0.6 is 0 Å². The van der Waals surface area contributed by atoms with Crippen molar-refractivity contribution >= 4 is 32.8 Å². The van der Waals surface area contributed by atoms with E-state index < -0.39 is 0 Å².